The van der Waals surface area contributed by atoms with Crippen molar-refractivity contribution in [2.75, 3.05) is 18.0 Å². The molecule has 7 nitrogen and oxygen atoms in total. The molecule has 4 rings (SSSR count). The average molecular weight is 453 g/mol. The van der Waals surface area contributed by atoms with Gasteiger partial charge in [-0.2, -0.15) is 0 Å². The third-order valence-electron chi connectivity index (χ3n) is 5.75. The normalized spacial score (nSPS) is 14.7. The van der Waals surface area contributed by atoms with Gasteiger partial charge in [0.1, 0.15) is 11.5 Å². The van der Waals surface area contributed by atoms with Gasteiger partial charge in [-0.25, -0.2) is 14.8 Å². The number of piperidine rings is 1. The standard InChI is InChI=1S/C24H28N4O3S/c1-16(2)19-15-32-21(25-19)8-6-17-10-13-28-20(14-17)26-23(27-11-4-3-5-12-27)18(24(28)31)7-9-22(29)30/h7,9-10,13-16H,3-6,8,11-12H2,1-2H3,(H,29,30). The first-order valence-electron chi connectivity index (χ1n) is 11.1. The monoisotopic (exact) mass is 452 g/mol. The van der Waals surface area contributed by atoms with Gasteiger partial charge in [-0.05, 0) is 55.4 Å². The van der Waals surface area contributed by atoms with Crippen LogP contribution in [0.3, 0.4) is 0 Å². The van der Waals surface area contributed by atoms with Gasteiger partial charge in [-0.3, -0.25) is 9.20 Å². The SMILES string of the molecule is CC(C)c1csc(CCc2ccn3c(=O)c(C=CC(=O)O)c(N4CCCCC4)nc3c2)n1. The van der Waals surface area contributed by atoms with Crippen LogP contribution in [-0.4, -0.2) is 38.5 Å². The minimum absolute atomic E-state index is 0.249. The number of nitrogens with zero attached hydrogens (tertiary/aromatic N) is 4. The highest BCUT2D eigenvalue weighted by Crippen LogP contribution is 2.23. The Morgan fingerprint density at radius 1 is 1.22 bits per heavy atom. The van der Waals surface area contributed by atoms with E-state index in [-0.39, 0.29) is 5.56 Å². The van der Waals surface area contributed by atoms with Crippen LogP contribution in [0.4, 0.5) is 5.82 Å². The van der Waals surface area contributed by atoms with Crippen molar-refractivity contribution in [3.05, 3.63) is 62.0 Å². The lowest BCUT2D eigenvalue weighted by molar-refractivity contribution is -0.131. The number of hydrogen-bond donors (Lipinski definition) is 1. The molecule has 0 aliphatic carbocycles. The number of aromatic nitrogens is 3. The van der Waals surface area contributed by atoms with E-state index in [1.54, 1.807) is 17.5 Å². The number of carboxylic acid groups (broad SMARTS) is 1. The third kappa shape index (κ3) is 4.91. The van der Waals surface area contributed by atoms with Crippen LogP contribution in [0.5, 0.6) is 0 Å². The molecular weight excluding hydrogens is 424 g/mol. The fraction of sp³-hybridized carbons (Fsp3) is 0.417. The highest BCUT2D eigenvalue weighted by molar-refractivity contribution is 7.09. The lowest BCUT2D eigenvalue weighted by Gasteiger charge is -2.29. The van der Waals surface area contributed by atoms with Crippen LogP contribution >= 0.6 is 11.3 Å². The van der Waals surface area contributed by atoms with E-state index in [2.05, 4.69) is 24.1 Å². The number of aryl methyl sites for hydroxylation is 2. The number of anilines is 1. The van der Waals surface area contributed by atoms with Crippen molar-refractivity contribution in [2.45, 2.75) is 51.9 Å². The predicted octanol–water partition coefficient (Wildman–Crippen LogP) is 4.15. The van der Waals surface area contributed by atoms with Crippen LogP contribution < -0.4 is 10.5 Å². The fourth-order valence-electron chi connectivity index (χ4n) is 3.94. The summed E-state index contributed by atoms with van der Waals surface area (Å²) in [6, 6.07) is 3.88. The Bertz CT molecular complexity index is 1210. The maximum Gasteiger partial charge on any atom is 0.328 e. The van der Waals surface area contributed by atoms with Crippen LogP contribution in [0.2, 0.25) is 0 Å². The van der Waals surface area contributed by atoms with E-state index in [1.807, 2.05) is 12.1 Å². The van der Waals surface area contributed by atoms with E-state index in [9.17, 15) is 9.59 Å². The molecule has 1 aliphatic rings. The topological polar surface area (TPSA) is 87.8 Å². The molecule has 1 aliphatic heterocycles. The molecule has 0 atom stereocenters. The van der Waals surface area contributed by atoms with Crippen LogP contribution in [0.15, 0.2) is 34.6 Å². The number of aliphatic carboxylic acids is 1. The summed E-state index contributed by atoms with van der Waals surface area (Å²) in [4.78, 5) is 35.9. The first-order valence-corrected chi connectivity index (χ1v) is 12.0. The van der Waals surface area contributed by atoms with Crippen LogP contribution in [0.1, 0.15) is 60.9 Å². The van der Waals surface area contributed by atoms with Crippen molar-refractivity contribution >= 4 is 34.8 Å². The van der Waals surface area contributed by atoms with Crippen molar-refractivity contribution in [1.82, 2.24) is 14.4 Å². The number of carboxylic acids is 1. The van der Waals surface area contributed by atoms with Crippen molar-refractivity contribution in [3.63, 3.8) is 0 Å². The zero-order valence-corrected chi connectivity index (χ0v) is 19.3. The molecule has 0 aromatic carbocycles. The number of hydrogen-bond acceptors (Lipinski definition) is 6. The maximum atomic E-state index is 13.2. The molecule has 168 valence electrons. The Balaban J connectivity index is 1.67. The van der Waals surface area contributed by atoms with E-state index >= 15 is 0 Å². The third-order valence-corrected chi connectivity index (χ3v) is 6.67. The highest BCUT2D eigenvalue weighted by atomic mass is 32.1. The average Bonchev–Trinajstić information content (AvgIpc) is 3.27. The Labute approximate surface area is 191 Å². The summed E-state index contributed by atoms with van der Waals surface area (Å²) in [5, 5.41) is 12.3. The van der Waals surface area contributed by atoms with Crippen LogP contribution in [-0.2, 0) is 17.6 Å². The lowest BCUT2D eigenvalue weighted by atomic mass is 10.1. The summed E-state index contributed by atoms with van der Waals surface area (Å²) >= 11 is 1.69. The zero-order valence-electron chi connectivity index (χ0n) is 18.5. The Morgan fingerprint density at radius 3 is 2.69 bits per heavy atom. The highest BCUT2D eigenvalue weighted by Gasteiger charge is 2.19. The van der Waals surface area contributed by atoms with E-state index < -0.39 is 5.97 Å². The molecule has 4 heterocycles. The minimum Gasteiger partial charge on any atom is -0.478 e. The molecule has 0 saturated carbocycles. The van der Waals surface area contributed by atoms with E-state index in [0.29, 0.717) is 22.9 Å². The summed E-state index contributed by atoms with van der Waals surface area (Å²) in [7, 11) is 0. The zero-order chi connectivity index (χ0) is 22.7. The second kappa shape index (κ2) is 9.65. The molecule has 0 amide bonds. The molecular formula is C24H28N4O3S. The molecule has 3 aromatic rings. The molecule has 32 heavy (non-hydrogen) atoms. The maximum absolute atomic E-state index is 13.2. The number of rotatable bonds is 7. The Kier molecular flexibility index (Phi) is 6.69. The summed E-state index contributed by atoms with van der Waals surface area (Å²) in [6.45, 7) is 5.92. The molecule has 1 N–H and O–H groups in total. The van der Waals surface area contributed by atoms with Gasteiger partial charge in [0, 0.05) is 37.2 Å². The van der Waals surface area contributed by atoms with Crippen molar-refractivity contribution in [3.8, 4) is 0 Å². The van der Waals surface area contributed by atoms with Gasteiger partial charge in [0.05, 0.1) is 16.3 Å². The van der Waals surface area contributed by atoms with Crippen LogP contribution in [0, 0.1) is 0 Å². The predicted molar refractivity (Wildman–Crippen MR) is 128 cm³/mol. The van der Waals surface area contributed by atoms with E-state index in [1.165, 1.54) is 10.5 Å². The summed E-state index contributed by atoms with van der Waals surface area (Å²) < 4.78 is 1.50. The molecule has 0 unspecified atom stereocenters. The summed E-state index contributed by atoms with van der Waals surface area (Å²) in [5.74, 6) is -0.0857. The largest absolute Gasteiger partial charge is 0.478 e. The van der Waals surface area contributed by atoms with Crippen LogP contribution in [0.25, 0.3) is 11.7 Å². The molecule has 1 fully saturated rings. The minimum atomic E-state index is -1.09. The van der Waals surface area contributed by atoms with Gasteiger partial charge in [0.2, 0.25) is 0 Å². The van der Waals surface area contributed by atoms with Gasteiger partial charge >= 0.3 is 5.97 Å². The molecule has 0 bridgehead atoms. The van der Waals surface area contributed by atoms with Gasteiger partial charge in [0.25, 0.3) is 5.56 Å². The number of thiazole rings is 1. The Hall–Kier alpha value is -3.00. The van der Waals surface area contributed by atoms with Crippen molar-refractivity contribution < 1.29 is 9.90 Å². The summed E-state index contributed by atoms with van der Waals surface area (Å²) in [6.07, 6.45) is 9.00. The first-order chi connectivity index (χ1) is 15.4. The fourth-order valence-corrected chi connectivity index (χ4v) is 4.90. The quantitative estimate of drug-likeness (QED) is 0.542. The van der Waals surface area contributed by atoms with E-state index in [0.717, 1.165) is 67.5 Å². The molecule has 0 radical (unpaired) electrons. The second-order valence-electron chi connectivity index (χ2n) is 8.46. The number of carbonyl (C=O) groups is 1. The molecule has 0 spiro atoms. The second-order valence-corrected chi connectivity index (χ2v) is 9.40. The molecule has 8 heteroatoms. The van der Waals surface area contributed by atoms with E-state index in [4.69, 9.17) is 15.1 Å². The molecule has 1 saturated heterocycles. The summed E-state index contributed by atoms with van der Waals surface area (Å²) in [5.41, 5.74) is 2.88. The van der Waals surface area contributed by atoms with Gasteiger partial charge in [-0.1, -0.05) is 13.8 Å². The first kappa shape index (κ1) is 22.2. The lowest BCUT2D eigenvalue weighted by Crippen LogP contribution is -2.33. The number of pyridine rings is 1. The Morgan fingerprint density at radius 2 is 2.00 bits per heavy atom. The van der Waals surface area contributed by atoms with Crippen molar-refractivity contribution in [1.29, 1.82) is 0 Å². The van der Waals surface area contributed by atoms with Gasteiger partial charge in [-0.15, -0.1) is 11.3 Å². The smallest absolute Gasteiger partial charge is 0.328 e. The molecule has 3 aromatic heterocycles. The van der Waals surface area contributed by atoms with Gasteiger partial charge in [0.15, 0.2) is 0 Å². The van der Waals surface area contributed by atoms with Crippen molar-refractivity contribution in [2.24, 2.45) is 0 Å². The number of fused-ring (bicyclic) bond motifs is 1. The van der Waals surface area contributed by atoms with Gasteiger partial charge < -0.3 is 10.0 Å².